The number of halogens is 1. The van der Waals surface area contributed by atoms with Crippen molar-refractivity contribution < 1.29 is 17.6 Å². The van der Waals surface area contributed by atoms with Crippen LogP contribution in [-0.2, 0) is 21.2 Å². The van der Waals surface area contributed by atoms with Gasteiger partial charge in [0.15, 0.2) is 0 Å². The minimum Gasteiger partial charge on any atom is -0.355 e. The highest BCUT2D eigenvalue weighted by atomic mass is 32.2. The van der Waals surface area contributed by atoms with E-state index in [2.05, 4.69) is 10.3 Å². The molecule has 1 amide bonds. The fourth-order valence-corrected chi connectivity index (χ4v) is 4.42. The Labute approximate surface area is 164 Å². The number of pyridine rings is 1. The first-order valence-corrected chi connectivity index (χ1v) is 10.7. The molecule has 28 heavy (non-hydrogen) atoms. The lowest BCUT2D eigenvalue weighted by molar-refractivity contribution is -0.120. The van der Waals surface area contributed by atoms with E-state index in [0.29, 0.717) is 31.7 Å². The Bertz CT molecular complexity index is 900. The molecule has 1 aliphatic heterocycles. The van der Waals surface area contributed by atoms with E-state index in [-0.39, 0.29) is 24.6 Å². The van der Waals surface area contributed by atoms with Gasteiger partial charge >= 0.3 is 0 Å². The fraction of sp³-hybridized carbons (Fsp3) is 0.368. The Kier molecular flexibility index (Phi) is 6.58. The number of aromatic nitrogens is 1. The number of benzene rings is 1. The van der Waals surface area contributed by atoms with E-state index in [9.17, 15) is 17.6 Å². The Balaban J connectivity index is 1.43. The number of sulfonamides is 1. The van der Waals surface area contributed by atoms with Gasteiger partial charge in [-0.2, -0.15) is 4.31 Å². The summed E-state index contributed by atoms with van der Waals surface area (Å²) in [4.78, 5) is 18.3. The van der Waals surface area contributed by atoms with E-state index in [1.807, 2.05) is 23.1 Å². The number of carbonyl (C=O) groups is 1. The van der Waals surface area contributed by atoms with Gasteiger partial charge in [-0.15, -0.1) is 0 Å². The van der Waals surface area contributed by atoms with Gasteiger partial charge in [0.2, 0.25) is 15.9 Å². The van der Waals surface area contributed by atoms with Gasteiger partial charge < -0.3 is 10.2 Å². The Hall–Kier alpha value is -2.52. The number of amides is 1. The number of piperazine rings is 1. The van der Waals surface area contributed by atoms with Crippen molar-refractivity contribution in [3.8, 4) is 0 Å². The lowest BCUT2D eigenvalue weighted by Crippen LogP contribution is -2.50. The van der Waals surface area contributed by atoms with Crippen LogP contribution in [0.1, 0.15) is 5.56 Å². The van der Waals surface area contributed by atoms with Crippen molar-refractivity contribution in [3.63, 3.8) is 0 Å². The predicted molar refractivity (Wildman–Crippen MR) is 105 cm³/mol. The van der Waals surface area contributed by atoms with Crippen molar-refractivity contribution in [2.45, 2.75) is 6.42 Å². The third kappa shape index (κ3) is 5.49. The van der Waals surface area contributed by atoms with Crippen molar-refractivity contribution in [2.75, 3.05) is 43.4 Å². The van der Waals surface area contributed by atoms with E-state index in [4.69, 9.17) is 0 Å². The fourth-order valence-electron chi connectivity index (χ4n) is 3.08. The van der Waals surface area contributed by atoms with Crippen LogP contribution in [0.2, 0.25) is 0 Å². The summed E-state index contributed by atoms with van der Waals surface area (Å²) in [6.07, 6.45) is 1.73. The third-order valence-corrected chi connectivity index (χ3v) is 6.41. The number of hydrogen-bond acceptors (Lipinski definition) is 5. The van der Waals surface area contributed by atoms with Crippen molar-refractivity contribution in [1.82, 2.24) is 14.6 Å². The average molecular weight is 406 g/mol. The highest BCUT2D eigenvalue weighted by molar-refractivity contribution is 7.89. The lowest BCUT2D eigenvalue weighted by Gasteiger charge is -2.34. The minimum atomic E-state index is -3.45. The maximum Gasteiger partial charge on any atom is 0.224 e. The van der Waals surface area contributed by atoms with Crippen molar-refractivity contribution >= 4 is 21.7 Å². The molecule has 1 aromatic heterocycles. The van der Waals surface area contributed by atoms with Crippen LogP contribution in [-0.4, -0.2) is 62.1 Å². The summed E-state index contributed by atoms with van der Waals surface area (Å²) in [5, 5.41) is 2.59. The summed E-state index contributed by atoms with van der Waals surface area (Å²) in [5.41, 5.74) is 0.547. The van der Waals surface area contributed by atoms with Gasteiger partial charge in [-0.1, -0.05) is 18.2 Å². The molecule has 7 nitrogen and oxygen atoms in total. The molecule has 1 aromatic carbocycles. The Morgan fingerprint density at radius 3 is 2.57 bits per heavy atom. The van der Waals surface area contributed by atoms with Gasteiger partial charge in [-0.3, -0.25) is 4.79 Å². The van der Waals surface area contributed by atoms with Crippen LogP contribution in [0.5, 0.6) is 0 Å². The highest BCUT2D eigenvalue weighted by Crippen LogP contribution is 2.14. The molecule has 0 atom stereocenters. The van der Waals surface area contributed by atoms with Crippen LogP contribution < -0.4 is 10.2 Å². The molecule has 1 N–H and O–H groups in total. The van der Waals surface area contributed by atoms with Gasteiger partial charge in [-0.25, -0.2) is 17.8 Å². The second-order valence-electron chi connectivity index (χ2n) is 6.55. The largest absolute Gasteiger partial charge is 0.355 e. The molecule has 3 rings (SSSR count). The van der Waals surface area contributed by atoms with Crippen molar-refractivity contribution in [3.05, 3.63) is 60.0 Å². The zero-order valence-corrected chi connectivity index (χ0v) is 16.2. The molecule has 0 saturated carbocycles. The van der Waals surface area contributed by atoms with Crippen LogP contribution in [0.15, 0.2) is 48.7 Å². The van der Waals surface area contributed by atoms with Gasteiger partial charge in [-0.05, 0) is 29.8 Å². The van der Waals surface area contributed by atoms with Gasteiger partial charge in [0.05, 0.1) is 12.2 Å². The van der Waals surface area contributed by atoms with Crippen LogP contribution in [0.4, 0.5) is 10.2 Å². The maximum atomic E-state index is 13.1. The van der Waals surface area contributed by atoms with Crippen LogP contribution in [0, 0.1) is 5.82 Å². The number of rotatable bonds is 7. The molecule has 0 aliphatic carbocycles. The second kappa shape index (κ2) is 9.11. The molecule has 1 fully saturated rings. The van der Waals surface area contributed by atoms with Crippen molar-refractivity contribution in [1.29, 1.82) is 0 Å². The quantitative estimate of drug-likeness (QED) is 0.743. The monoisotopic (exact) mass is 406 g/mol. The first-order chi connectivity index (χ1) is 13.4. The highest BCUT2D eigenvalue weighted by Gasteiger charge is 2.27. The summed E-state index contributed by atoms with van der Waals surface area (Å²) < 4.78 is 39.6. The zero-order valence-electron chi connectivity index (χ0n) is 15.4. The zero-order chi connectivity index (χ0) is 20.0. The van der Waals surface area contributed by atoms with Crippen molar-refractivity contribution in [2.24, 2.45) is 0 Å². The molecule has 1 aliphatic rings. The molecule has 2 heterocycles. The van der Waals surface area contributed by atoms with Gasteiger partial charge in [0, 0.05) is 38.9 Å². The smallest absolute Gasteiger partial charge is 0.224 e. The first kappa shape index (κ1) is 20.2. The SMILES string of the molecule is O=C(Cc1cccc(F)c1)NCCS(=O)(=O)N1CCN(c2ccccn2)CC1. The van der Waals surface area contributed by atoms with Gasteiger partial charge in [0.25, 0.3) is 0 Å². The van der Waals surface area contributed by atoms with E-state index >= 15 is 0 Å². The topological polar surface area (TPSA) is 82.6 Å². The molecule has 2 aromatic rings. The Morgan fingerprint density at radius 1 is 1.11 bits per heavy atom. The second-order valence-corrected chi connectivity index (χ2v) is 8.64. The summed E-state index contributed by atoms with van der Waals surface area (Å²) in [6, 6.07) is 11.4. The molecule has 9 heteroatoms. The number of hydrogen-bond donors (Lipinski definition) is 1. The van der Waals surface area contributed by atoms with Crippen LogP contribution >= 0.6 is 0 Å². The van der Waals surface area contributed by atoms with Crippen LogP contribution in [0.3, 0.4) is 0 Å². The molecule has 0 bridgehead atoms. The molecule has 0 radical (unpaired) electrons. The van der Waals surface area contributed by atoms with E-state index < -0.39 is 15.8 Å². The normalized spacial score (nSPS) is 15.4. The molecule has 0 unspecified atom stereocenters. The lowest BCUT2D eigenvalue weighted by atomic mass is 10.1. The number of nitrogens with zero attached hydrogens (tertiary/aromatic N) is 3. The Morgan fingerprint density at radius 2 is 1.89 bits per heavy atom. The summed E-state index contributed by atoms with van der Waals surface area (Å²) >= 11 is 0. The number of nitrogens with one attached hydrogen (secondary N) is 1. The maximum absolute atomic E-state index is 13.1. The average Bonchev–Trinajstić information content (AvgIpc) is 2.68. The molecular weight excluding hydrogens is 383 g/mol. The standard InChI is InChI=1S/C19H23FN4O3S/c20-17-5-3-4-16(14-17)15-19(25)22-8-13-28(26,27)24-11-9-23(10-12-24)18-6-1-2-7-21-18/h1-7,14H,8-13,15H2,(H,22,25). The van der Waals surface area contributed by atoms with Gasteiger partial charge in [0.1, 0.15) is 11.6 Å². The van der Waals surface area contributed by atoms with E-state index in [0.717, 1.165) is 5.82 Å². The summed E-state index contributed by atoms with van der Waals surface area (Å²) in [6.45, 7) is 1.94. The third-order valence-electron chi connectivity index (χ3n) is 4.54. The molecule has 150 valence electrons. The van der Waals surface area contributed by atoms with E-state index in [1.165, 1.54) is 22.5 Å². The number of carbonyl (C=O) groups excluding carboxylic acids is 1. The first-order valence-electron chi connectivity index (χ1n) is 9.09. The molecular formula is C19H23FN4O3S. The van der Waals surface area contributed by atoms with Crippen LogP contribution in [0.25, 0.3) is 0 Å². The molecule has 0 spiro atoms. The number of anilines is 1. The molecule has 1 saturated heterocycles. The predicted octanol–water partition coefficient (Wildman–Crippen LogP) is 1.03. The van der Waals surface area contributed by atoms with E-state index in [1.54, 1.807) is 12.3 Å². The summed E-state index contributed by atoms with van der Waals surface area (Å²) in [5.74, 6) is -0.0616. The summed E-state index contributed by atoms with van der Waals surface area (Å²) in [7, 11) is -3.45. The minimum absolute atomic E-state index is 0.0144.